The smallest absolute Gasteiger partial charge is 0.191 e. The Morgan fingerprint density at radius 1 is 1.19 bits per heavy atom. The quantitative estimate of drug-likeness (QED) is 0.511. The van der Waals surface area contributed by atoms with Gasteiger partial charge < -0.3 is 19.9 Å². The van der Waals surface area contributed by atoms with Crippen LogP contribution in [0.3, 0.4) is 0 Å². The molecule has 148 valence electrons. The van der Waals surface area contributed by atoms with Crippen molar-refractivity contribution in [2.75, 3.05) is 13.7 Å². The third-order valence-electron chi connectivity index (χ3n) is 4.61. The average Bonchev–Trinajstić information content (AvgIpc) is 3.14. The third-order valence-corrected chi connectivity index (χ3v) is 4.61. The summed E-state index contributed by atoms with van der Waals surface area (Å²) in [4.78, 5) is 4.66. The number of nitrogens with zero attached hydrogens (tertiary/aromatic N) is 2. The van der Waals surface area contributed by atoms with Crippen molar-refractivity contribution in [1.82, 2.24) is 15.8 Å². The van der Waals surface area contributed by atoms with Gasteiger partial charge in [0.05, 0.1) is 25.9 Å². The molecule has 0 spiro atoms. The lowest BCUT2D eigenvalue weighted by Crippen LogP contribution is -2.36. The minimum Gasteiger partial charge on any atom is -0.496 e. The van der Waals surface area contributed by atoms with Crippen LogP contribution in [0.15, 0.2) is 33.8 Å². The van der Waals surface area contributed by atoms with Gasteiger partial charge in [0.1, 0.15) is 5.75 Å². The molecule has 1 aromatic heterocycles. The number of hydrogen-bond acceptors (Lipinski definition) is 4. The van der Waals surface area contributed by atoms with E-state index in [0.29, 0.717) is 19.0 Å². The molecule has 1 aromatic carbocycles. The number of methoxy groups -OCH3 is 1. The summed E-state index contributed by atoms with van der Waals surface area (Å²) in [7, 11) is 1.69. The molecule has 0 aliphatic heterocycles. The van der Waals surface area contributed by atoms with Crippen LogP contribution in [0.2, 0.25) is 0 Å². The van der Waals surface area contributed by atoms with Crippen LogP contribution >= 0.6 is 0 Å². The van der Waals surface area contributed by atoms with Gasteiger partial charge in [-0.3, -0.25) is 0 Å². The second-order valence-electron chi connectivity index (χ2n) is 6.60. The zero-order valence-corrected chi connectivity index (χ0v) is 17.1. The summed E-state index contributed by atoms with van der Waals surface area (Å²) in [6.07, 6.45) is 2.14. The van der Waals surface area contributed by atoms with Crippen molar-refractivity contribution in [3.05, 3.63) is 46.8 Å². The molecule has 0 atom stereocenters. The van der Waals surface area contributed by atoms with Gasteiger partial charge in [0.15, 0.2) is 11.7 Å². The molecule has 1 heterocycles. The van der Waals surface area contributed by atoms with E-state index in [1.54, 1.807) is 7.11 Å². The maximum absolute atomic E-state index is 5.48. The van der Waals surface area contributed by atoms with E-state index in [2.05, 4.69) is 53.7 Å². The second kappa shape index (κ2) is 10.6. The molecule has 0 bridgehead atoms. The van der Waals surface area contributed by atoms with Crippen LogP contribution in [0, 0.1) is 6.92 Å². The standard InChI is InChI=1S/C21H32N4O2/c1-6-16(7-2)19-12-18(27-25-19)14-24-21(22-8-3)23-13-17-10-9-15(4)11-20(17)26-5/h9-12,16H,6-8,13-14H2,1-5H3,(H2,22,23,24). The Kier molecular flexibility index (Phi) is 8.17. The van der Waals surface area contributed by atoms with Crippen LogP contribution in [0.1, 0.15) is 62.1 Å². The van der Waals surface area contributed by atoms with E-state index in [4.69, 9.17) is 9.26 Å². The van der Waals surface area contributed by atoms with Crippen molar-refractivity contribution in [1.29, 1.82) is 0 Å². The molecule has 0 fully saturated rings. The van der Waals surface area contributed by atoms with Crippen molar-refractivity contribution in [3.8, 4) is 5.75 Å². The van der Waals surface area contributed by atoms with E-state index < -0.39 is 0 Å². The normalized spacial score (nSPS) is 11.7. The molecule has 6 nitrogen and oxygen atoms in total. The number of nitrogens with one attached hydrogen (secondary N) is 2. The van der Waals surface area contributed by atoms with Gasteiger partial charge in [-0.15, -0.1) is 0 Å². The molecular weight excluding hydrogens is 340 g/mol. The monoisotopic (exact) mass is 372 g/mol. The first-order valence-corrected chi connectivity index (χ1v) is 9.72. The summed E-state index contributed by atoms with van der Waals surface area (Å²) in [5.41, 5.74) is 3.25. The van der Waals surface area contributed by atoms with E-state index in [1.165, 1.54) is 5.56 Å². The Morgan fingerprint density at radius 3 is 2.63 bits per heavy atom. The van der Waals surface area contributed by atoms with Crippen LogP contribution in [0.4, 0.5) is 0 Å². The number of rotatable bonds is 9. The molecule has 0 amide bonds. The van der Waals surface area contributed by atoms with E-state index in [9.17, 15) is 0 Å². The highest BCUT2D eigenvalue weighted by Gasteiger charge is 2.13. The molecule has 2 aromatic rings. The van der Waals surface area contributed by atoms with Gasteiger partial charge in [-0.05, 0) is 38.3 Å². The van der Waals surface area contributed by atoms with Crippen LogP contribution in [-0.4, -0.2) is 24.8 Å². The number of guanidine groups is 1. The van der Waals surface area contributed by atoms with Gasteiger partial charge in [0.2, 0.25) is 0 Å². The zero-order valence-electron chi connectivity index (χ0n) is 17.1. The van der Waals surface area contributed by atoms with E-state index in [1.807, 2.05) is 19.1 Å². The largest absolute Gasteiger partial charge is 0.496 e. The topological polar surface area (TPSA) is 71.7 Å². The number of ether oxygens (including phenoxy) is 1. The number of benzene rings is 1. The molecule has 27 heavy (non-hydrogen) atoms. The van der Waals surface area contributed by atoms with Gasteiger partial charge in [-0.25, -0.2) is 4.99 Å². The van der Waals surface area contributed by atoms with Crippen molar-refractivity contribution in [2.45, 2.75) is 59.5 Å². The van der Waals surface area contributed by atoms with Gasteiger partial charge in [0, 0.05) is 24.1 Å². The maximum atomic E-state index is 5.48. The summed E-state index contributed by atoms with van der Waals surface area (Å²) >= 11 is 0. The molecular formula is C21H32N4O2. The summed E-state index contributed by atoms with van der Waals surface area (Å²) in [6.45, 7) is 10.3. The average molecular weight is 373 g/mol. The molecule has 0 aliphatic carbocycles. The lowest BCUT2D eigenvalue weighted by Gasteiger charge is -2.11. The Labute approximate surface area is 162 Å². The summed E-state index contributed by atoms with van der Waals surface area (Å²) in [6, 6.07) is 8.19. The molecule has 0 aliphatic rings. The van der Waals surface area contributed by atoms with Crippen LogP contribution in [-0.2, 0) is 13.1 Å². The fraction of sp³-hybridized carbons (Fsp3) is 0.524. The molecule has 0 radical (unpaired) electrons. The summed E-state index contributed by atoms with van der Waals surface area (Å²) in [5, 5.41) is 10.8. The minimum absolute atomic E-state index is 0.457. The predicted octanol–water partition coefficient (Wildman–Crippen LogP) is 4.15. The summed E-state index contributed by atoms with van der Waals surface area (Å²) < 4.78 is 10.9. The Bertz CT molecular complexity index is 736. The number of aliphatic imine (C=N–C) groups is 1. The minimum atomic E-state index is 0.457. The van der Waals surface area contributed by atoms with Gasteiger partial charge in [-0.2, -0.15) is 0 Å². The van der Waals surface area contributed by atoms with E-state index in [-0.39, 0.29) is 0 Å². The molecule has 2 N–H and O–H groups in total. The van der Waals surface area contributed by atoms with Crippen LogP contribution < -0.4 is 15.4 Å². The molecule has 0 unspecified atom stereocenters. The predicted molar refractivity (Wildman–Crippen MR) is 109 cm³/mol. The third kappa shape index (κ3) is 6.01. The van der Waals surface area contributed by atoms with Crippen LogP contribution in [0.5, 0.6) is 5.75 Å². The lowest BCUT2D eigenvalue weighted by atomic mass is 9.99. The first-order valence-electron chi connectivity index (χ1n) is 9.72. The van der Waals surface area contributed by atoms with Gasteiger partial charge in [0.25, 0.3) is 0 Å². The van der Waals surface area contributed by atoms with Crippen molar-refractivity contribution >= 4 is 5.96 Å². The summed E-state index contributed by atoms with van der Waals surface area (Å²) in [5.74, 6) is 2.87. The first kappa shape index (κ1) is 20.8. The van der Waals surface area contributed by atoms with Gasteiger partial charge >= 0.3 is 0 Å². The Hall–Kier alpha value is -2.50. The first-order chi connectivity index (χ1) is 13.1. The van der Waals surface area contributed by atoms with E-state index in [0.717, 1.165) is 48.1 Å². The highest BCUT2D eigenvalue weighted by molar-refractivity contribution is 5.79. The second-order valence-corrected chi connectivity index (χ2v) is 6.60. The van der Waals surface area contributed by atoms with Crippen molar-refractivity contribution in [2.24, 2.45) is 4.99 Å². The van der Waals surface area contributed by atoms with Crippen LogP contribution in [0.25, 0.3) is 0 Å². The number of aryl methyl sites for hydroxylation is 1. The lowest BCUT2D eigenvalue weighted by molar-refractivity contribution is 0.368. The Morgan fingerprint density at radius 2 is 1.96 bits per heavy atom. The SMILES string of the molecule is CCNC(=NCc1ccc(C)cc1OC)NCc1cc(C(CC)CC)no1. The van der Waals surface area contributed by atoms with Crippen molar-refractivity contribution in [3.63, 3.8) is 0 Å². The molecule has 0 saturated heterocycles. The van der Waals surface area contributed by atoms with E-state index >= 15 is 0 Å². The zero-order chi connectivity index (χ0) is 19.6. The highest BCUT2D eigenvalue weighted by Crippen LogP contribution is 2.22. The Balaban J connectivity index is 2.02. The maximum Gasteiger partial charge on any atom is 0.191 e. The molecule has 6 heteroatoms. The fourth-order valence-electron chi connectivity index (χ4n) is 2.97. The fourth-order valence-corrected chi connectivity index (χ4v) is 2.97. The molecule has 0 saturated carbocycles. The van der Waals surface area contributed by atoms with Crippen molar-refractivity contribution < 1.29 is 9.26 Å². The van der Waals surface area contributed by atoms with Gasteiger partial charge in [-0.1, -0.05) is 31.1 Å². The highest BCUT2D eigenvalue weighted by atomic mass is 16.5. The molecule has 2 rings (SSSR count). The number of aromatic nitrogens is 1. The number of hydrogen-bond donors (Lipinski definition) is 2.